The van der Waals surface area contributed by atoms with Gasteiger partial charge in [0.25, 0.3) is 0 Å². The van der Waals surface area contributed by atoms with E-state index < -0.39 is 0 Å². The normalized spacial score (nSPS) is 30.8. The van der Waals surface area contributed by atoms with Crippen LogP contribution >= 0.6 is 0 Å². The predicted molar refractivity (Wildman–Crippen MR) is 52.2 cm³/mol. The number of rotatable bonds is 1. The molecule has 2 fully saturated rings. The van der Waals surface area contributed by atoms with Gasteiger partial charge in [0.05, 0.1) is 6.07 Å². The molecule has 0 N–H and O–H groups in total. The number of hydrogen-bond acceptors (Lipinski definition) is 2. The summed E-state index contributed by atoms with van der Waals surface area (Å²) in [4.78, 5) is 2.41. The van der Waals surface area contributed by atoms with Crippen molar-refractivity contribution in [2.75, 3.05) is 13.1 Å². The summed E-state index contributed by atoms with van der Waals surface area (Å²) in [6.07, 6.45) is 4.76. The lowest BCUT2D eigenvalue weighted by Gasteiger charge is -2.40. The Hall–Kier alpha value is -0.550. The fourth-order valence-electron chi connectivity index (χ4n) is 2.41. The molecule has 1 saturated carbocycles. The quantitative estimate of drug-likeness (QED) is 0.615. The number of hydrogen-bond donors (Lipinski definition) is 0. The van der Waals surface area contributed by atoms with Crippen molar-refractivity contribution in [2.24, 2.45) is 5.41 Å². The van der Waals surface area contributed by atoms with E-state index in [1.807, 2.05) is 0 Å². The topological polar surface area (TPSA) is 27.0 Å². The highest BCUT2D eigenvalue weighted by Crippen LogP contribution is 2.44. The summed E-state index contributed by atoms with van der Waals surface area (Å²) in [7, 11) is 0. The second kappa shape index (κ2) is 2.72. The molecular formula is C11H18N2. The Balaban J connectivity index is 2.06. The summed E-state index contributed by atoms with van der Waals surface area (Å²) in [5.41, 5.74) is 0.377. The van der Waals surface area contributed by atoms with Crippen LogP contribution in [0.4, 0.5) is 0 Å². The Bertz CT molecular complexity index is 245. The zero-order valence-corrected chi connectivity index (χ0v) is 8.64. The SMILES string of the molecule is CC1(C)CCCN(C2(C#N)CC2)C1. The average molecular weight is 178 g/mol. The molecule has 0 amide bonds. The van der Waals surface area contributed by atoms with Crippen LogP contribution in [0.2, 0.25) is 0 Å². The average Bonchev–Trinajstić information content (AvgIpc) is 2.82. The van der Waals surface area contributed by atoms with Crippen molar-refractivity contribution in [2.45, 2.75) is 45.1 Å². The molecule has 1 saturated heterocycles. The third kappa shape index (κ3) is 1.58. The minimum atomic E-state index is -0.0440. The van der Waals surface area contributed by atoms with E-state index in [9.17, 15) is 0 Å². The first kappa shape index (κ1) is 9.02. The van der Waals surface area contributed by atoms with Gasteiger partial charge in [0, 0.05) is 6.54 Å². The molecule has 1 aliphatic heterocycles. The van der Waals surface area contributed by atoms with E-state index in [-0.39, 0.29) is 5.54 Å². The van der Waals surface area contributed by atoms with Gasteiger partial charge < -0.3 is 0 Å². The molecule has 2 heteroatoms. The lowest BCUT2D eigenvalue weighted by Crippen LogP contribution is -2.46. The van der Waals surface area contributed by atoms with Crippen LogP contribution < -0.4 is 0 Å². The minimum Gasteiger partial charge on any atom is -0.285 e. The van der Waals surface area contributed by atoms with E-state index in [2.05, 4.69) is 24.8 Å². The fraction of sp³-hybridized carbons (Fsp3) is 0.909. The molecule has 2 rings (SSSR count). The maximum absolute atomic E-state index is 9.09. The van der Waals surface area contributed by atoms with Gasteiger partial charge >= 0.3 is 0 Å². The molecule has 0 radical (unpaired) electrons. The van der Waals surface area contributed by atoms with Crippen molar-refractivity contribution in [3.05, 3.63) is 0 Å². The van der Waals surface area contributed by atoms with Crippen molar-refractivity contribution in [1.82, 2.24) is 4.90 Å². The zero-order chi connectivity index (χ0) is 9.53. The Morgan fingerprint density at radius 3 is 2.38 bits per heavy atom. The standard InChI is InChI=1S/C11H18N2/c1-10(2)4-3-7-13(9-10)11(8-12)5-6-11/h3-7,9H2,1-2H3. The van der Waals surface area contributed by atoms with Gasteiger partial charge in [0.15, 0.2) is 0 Å². The molecule has 2 aliphatic rings. The molecule has 0 spiro atoms. The molecule has 0 aromatic heterocycles. The second-order valence-corrected chi connectivity index (χ2v) is 5.33. The summed E-state index contributed by atoms with van der Waals surface area (Å²) in [6.45, 7) is 6.87. The van der Waals surface area contributed by atoms with Crippen LogP contribution in [0.3, 0.4) is 0 Å². The lowest BCUT2D eigenvalue weighted by molar-refractivity contribution is 0.0880. The van der Waals surface area contributed by atoms with E-state index in [0.717, 1.165) is 25.9 Å². The van der Waals surface area contributed by atoms with Gasteiger partial charge in [0.1, 0.15) is 5.54 Å². The monoisotopic (exact) mass is 178 g/mol. The first-order valence-corrected chi connectivity index (χ1v) is 5.24. The Kier molecular flexibility index (Phi) is 1.89. The van der Waals surface area contributed by atoms with Crippen LogP contribution in [-0.2, 0) is 0 Å². The fourth-order valence-corrected chi connectivity index (χ4v) is 2.41. The summed E-state index contributed by atoms with van der Waals surface area (Å²) in [5, 5.41) is 9.09. The summed E-state index contributed by atoms with van der Waals surface area (Å²) in [5.74, 6) is 0. The highest BCUT2D eigenvalue weighted by molar-refractivity contribution is 5.20. The Morgan fingerprint density at radius 1 is 1.23 bits per heavy atom. The Labute approximate surface area is 80.5 Å². The van der Waals surface area contributed by atoms with E-state index in [1.54, 1.807) is 0 Å². The van der Waals surface area contributed by atoms with Crippen LogP contribution in [0.5, 0.6) is 0 Å². The largest absolute Gasteiger partial charge is 0.285 e. The van der Waals surface area contributed by atoms with Crippen molar-refractivity contribution in [3.8, 4) is 6.07 Å². The number of nitriles is 1. The van der Waals surface area contributed by atoms with Crippen LogP contribution in [0.15, 0.2) is 0 Å². The molecule has 13 heavy (non-hydrogen) atoms. The highest BCUT2D eigenvalue weighted by atomic mass is 15.2. The second-order valence-electron chi connectivity index (χ2n) is 5.33. The predicted octanol–water partition coefficient (Wildman–Crippen LogP) is 2.16. The van der Waals surface area contributed by atoms with Gasteiger partial charge in [-0.25, -0.2) is 0 Å². The van der Waals surface area contributed by atoms with E-state index in [1.165, 1.54) is 12.8 Å². The molecule has 1 aliphatic carbocycles. The van der Waals surface area contributed by atoms with Crippen molar-refractivity contribution in [1.29, 1.82) is 5.26 Å². The van der Waals surface area contributed by atoms with Crippen LogP contribution in [0, 0.1) is 16.7 Å². The first-order chi connectivity index (χ1) is 6.08. The maximum atomic E-state index is 9.09. The van der Waals surface area contributed by atoms with E-state index in [0.29, 0.717) is 5.41 Å². The lowest BCUT2D eigenvalue weighted by atomic mass is 9.83. The molecule has 72 valence electrons. The van der Waals surface area contributed by atoms with Crippen molar-refractivity contribution >= 4 is 0 Å². The molecule has 1 heterocycles. The number of nitrogens with zero attached hydrogens (tertiary/aromatic N) is 2. The van der Waals surface area contributed by atoms with Crippen molar-refractivity contribution in [3.63, 3.8) is 0 Å². The summed E-state index contributed by atoms with van der Waals surface area (Å²) in [6, 6.07) is 2.49. The molecule has 2 nitrogen and oxygen atoms in total. The highest BCUT2D eigenvalue weighted by Gasteiger charge is 2.50. The molecule has 0 bridgehead atoms. The summed E-state index contributed by atoms with van der Waals surface area (Å²) < 4.78 is 0. The number of likely N-dealkylation sites (tertiary alicyclic amines) is 1. The van der Waals surface area contributed by atoms with E-state index >= 15 is 0 Å². The third-order valence-electron chi connectivity index (χ3n) is 3.44. The van der Waals surface area contributed by atoms with Crippen LogP contribution in [-0.4, -0.2) is 23.5 Å². The molecular weight excluding hydrogens is 160 g/mol. The Morgan fingerprint density at radius 2 is 1.92 bits per heavy atom. The molecule has 0 aromatic carbocycles. The van der Waals surface area contributed by atoms with Crippen LogP contribution in [0.25, 0.3) is 0 Å². The van der Waals surface area contributed by atoms with Gasteiger partial charge in [-0.05, 0) is 37.6 Å². The molecule has 0 aromatic rings. The maximum Gasteiger partial charge on any atom is 0.109 e. The van der Waals surface area contributed by atoms with Crippen LogP contribution in [0.1, 0.15) is 39.5 Å². The van der Waals surface area contributed by atoms with Gasteiger partial charge in [0.2, 0.25) is 0 Å². The molecule has 0 unspecified atom stereocenters. The van der Waals surface area contributed by atoms with Gasteiger partial charge in [-0.3, -0.25) is 4.90 Å². The summed E-state index contributed by atoms with van der Waals surface area (Å²) >= 11 is 0. The van der Waals surface area contributed by atoms with Gasteiger partial charge in [-0.2, -0.15) is 5.26 Å². The third-order valence-corrected chi connectivity index (χ3v) is 3.44. The first-order valence-electron chi connectivity index (χ1n) is 5.24. The minimum absolute atomic E-state index is 0.0440. The molecule has 0 atom stereocenters. The smallest absolute Gasteiger partial charge is 0.109 e. The zero-order valence-electron chi connectivity index (χ0n) is 8.64. The van der Waals surface area contributed by atoms with Gasteiger partial charge in [-0.1, -0.05) is 13.8 Å². The van der Waals surface area contributed by atoms with Gasteiger partial charge in [-0.15, -0.1) is 0 Å². The van der Waals surface area contributed by atoms with E-state index in [4.69, 9.17) is 5.26 Å². The number of piperidine rings is 1. The van der Waals surface area contributed by atoms with Crippen molar-refractivity contribution < 1.29 is 0 Å².